The van der Waals surface area contributed by atoms with Crippen molar-refractivity contribution in [3.05, 3.63) is 59.9 Å². The Bertz CT molecular complexity index is 772. The molecule has 6 heteroatoms. The molecule has 1 aliphatic rings. The Hall–Kier alpha value is -2.89. The highest BCUT2D eigenvalue weighted by atomic mass is 19.1. The summed E-state index contributed by atoms with van der Waals surface area (Å²) < 4.78 is 13.0. The first kappa shape index (κ1) is 17.0. The van der Waals surface area contributed by atoms with Gasteiger partial charge in [-0.2, -0.15) is 0 Å². The van der Waals surface area contributed by atoms with Crippen LogP contribution in [0.25, 0.3) is 0 Å². The lowest BCUT2D eigenvalue weighted by Crippen LogP contribution is -2.41. The summed E-state index contributed by atoms with van der Waals surface area (Å²) in [6.45, 7) is 0.495. The van der Waals surface area contributed by atoms with Crippen LogP contribution in [0.1, 0.15) is 16.8 Å². The van der Waals surface area contributed by atoms with Crippen molar-refractivity contribution in [1.29, 1.82) is 0 Å². The molecule has 0 bridgehead atoms. The number of rotatable bonds is 4. The van der Waals surface area contributed by atoms with Crippen molar-refractivity contribution in [1.82, 2.24) is 5.32 Å². The Morgan fingerprint density at radius 3 is 2.36 bits per heavy atom. The monoisotopic (exact) mass is 341 g/mol. The highest BCUT2D eigenvalue weighted by Crippen LogP contribution is 2.22. The number of anilines is 2. The Balaban J connectivity index is 1.66. The Morgan fingerprint density at radius 1 is 1.12 bits per heavy atom. The Labute approximate surface area is 146 Å². The normalized spacial score (nSPS) is 16.8. The molecular weight excluding hydrogens is 321 g/mol. The lowest BCUT2D eigenvalue weighted by Gasteiger charge is -2.17. The lowest BCUT2D eigenvalue weighted by molar-refractivity contribution is -0.118. The topological polar surface area (TPSA) is 52.7 Å². The van der Waals surface area contributed by atoms with Crippen LogP contribution in [0.2, 0.25) is 0 Å². The zero-order chi connectivity index (χ0) is 18.0. The molecule has 1 aliphatic heterocycles. The standard InChI is InChI=1S/C19H20FN3O2/c1-22(2)15-7-3-13(4-8-15)18(24)21-17-11-12-23(19(17)25)16-9-5-14(20)6-10-16/h3-10,17H,11-12H2,1-2H3,(H,21,24). The minimum absolute atomic E-state index is 0.176. The molecule has 1 heterocycles. The van der Waals surface area contributed by atoms with Gasteiger partial charge in [-0.3, -0.25) is 9.59 Å². The summed E-state index contributed by atoms with van der Waals surface area (Å²) in [5.74, 6) is -0.795. The number of nitrogens with zero attached hydrogens (tertiary/aromatic N) is 2. The zero-order valence-corrected chi connectivity index (χ0v) is 14.2. The molecule has 3 rings (SSSR count). The highest BCUT2D eigenvalue weighted by molar-refractivity contribution is 6.03. The SMILES string of the molecule is CN(C)c1ccc(C(=O)NC2CCN(c3ccc(F)cc3)C2=O)cc1. The fourth-order valence-electron chi connectivity index (χ4n) is 2.84. The smallest absolute Gasteiger partial charge is 0.251 e. The molecule has 5 nitrogen and oxygen atoms in total. The molecule has 0 saturated carbocycles. The van der Waals surface area contributed by atoms with E-state index in [2.05, 4.69) is 5.32 Å². The molecular formula is C19H20FN3O2. The van der Waals surface area contributed by atoms with E-state index in [1.165, 1.54) is 12.1 Å². The number of carbonyl (C=O) groups is 2. The highest BCUT2D eigenvalue weighted by Gasteiger charge is 2.33. The summed E-state index contributed by atoms with van der Waals surface area (Å²) in [5.41, 5.74) is 2.15. The predicted octanol–water partition coefficient (Wildman–Crippen LogP) is 2.43. The Kier molecular flexibility index (Phi) is 4.70. The van der Waals surface area contributed by atoms with E-state index < -0.39 is 6.04 Å². The van der Waals surface area contributed by atoms with E-state index in [1.54, 1.807) is 29.2 Å². The third kappa shape index (κ3) is 3.63. The van der Waals surface area contributed by atoms with Crippen molar-refractivity contribution in [3.8, 4) is 0 Å². The van der Waals surface area contributed by atoms with Gasteiger partial charge < -0.3 is 15.1 Å². The Morgan fingerprint density at radius 2 is 1.76 bits per heavy atom. The summed E-state index contributed by atoms with van der Waals surface area (Å²) >= 11 is 0. The van der Waals surface area contributed by atoms with E-state index in [4.69, 9.17) is 0 Å². The van der Waals surface area contributed by atoms with Crippen LogP contribution in [-0.2, 0) is 4.79 Å². The van der Waals surface area contributed by atoms with Gasteiger partial charge in [0.15, 0.2) is 0 Å². The van der Waals surface area contributed by atoms with Gasteiger partial charge in [-0.15, -0.1) is 0 Å². The van der Waals surface area contributed by atoms with Gasteiger partial charge in [0.2, 0.25) is 5.91 Å². The number of carbonyl (C=O) groups excluding carboxylic acids is 2. The molecule has 0 aliphatic carbocycles. The first-order valence-electron chi connectivity index (χ1n) is 8.11. The van der Waals surface area contributed by atoms with Crippen LogP contribution in [0.15, 0.2) is 48.5 Å². The van der Waals surface area contributed by atoms with Crippen LogP contribution in [0, 0.1) is 5.82 Å². The molecule has 130 valence electrons. The molecule has 0 spiro atoms. The van der Waals surface area contributed by atoms with Crippen LogP contribution in [0.4, 0.5) is 15.8 Å². The molecule has 0 radical (unpaired) electrons. The second kappa shape index (κ2) is 6.93. The van der Waals surface area contributed by atoms with E-state index in [1.807, 2.05) is 31.1 Å². The molecule has 2 aromatic carbocycles. The third-order valence-corrected chi connectivity index (χ3v) is 4.30. The summed E-state index contributed by atoms with van der Waals surface area (Å²) in [5, 5.41) is 2.79. The van der Waals surface area contributed by atoms with Gasteiger partial charge in [0.05, 0.1) is 0 Å². The number of amides is 2. The number of nitrogens with one attached hydrogen (secondary N) is 1. The third-order valence-electron chi connectivity index (χ3n) is 4.30. The molecule has 25 heavy (non-hydrogen) atoms. The number of hydrogen-bond donors (Lipinski definition) is 1. The molecule has 1 N–H and O–H groups in total. The second-order valence-corrected chi connectivity index (χ2v) is 6.22. The lowest BCUT2D eigenvalue weighted by atomic mass is 10.1. The van der Waals surface area contributed by atoms with Crippen molar-refractivity contribution in [2.45, 2.75) is 12.5 Å². The summed E-state index contributed by atoms with van der Waals surface area (Å²) in [6, 6.07) is 12.4. The van der Waals surface area contributed by atoms with Gasteiger partial charge in [0, 0.05) is 37.6 Å². The average molecular weight is 341 g/mol. The number of halogens is 1. The van der Waals surface area contributed by atoms with Crippen molar-refractivity contribution >= 4 is 23.2 Å². The molecule has 2 aromatic rings. The fraction of sp³-hybridized carbons (Fsp3) is 0.263. The molecule has 1 saturated heterocycles. The first-order chi connectivity index (χ1) is 12.0. The number of hydrogen-bond acceptors (Lipinski definition) is 3. The van der Waals surface area contributed by atoms with Gasteiger partial charge in [0.25, 0.3) is 5.91 Å². The van der Waals surface area contributed by atoms with Crippen molar-refractivity contribution in [3.63, 3.8) is 0 Å². The second-order valence-electron chi connectivity index (χ2n) is 6.22. The van der Waals surface area contributed by atoms with Crippen molar-refractivity contribution < 1.29 is 14.0 Å². The molecule has 1 atom stereocenters. The van der Waals surface area contributed by atoms with Gasteiger partial charge in [-0.1, -0.05) is 0 Å². The van der Waals surface area contributed by atoms with Crippen LogP contribution in [0.3, 0.4) is 0 Å². The van der Waals surface area contributed by atoms with Crippen LogP contribution < -0.4 is 15.1 Å². The quantitative estimate of drug-likeness (QED) is 0.929. The maximum absolute atomic E-state index is 13.0. The maximum atomic E-state index is 13.0. The van der Waals surface area contributed by atoms with Crippen molar-refractivity contribution in [2.75, 3.05) is 30.4 Å². The van der Waals surface area contributed by atoms with E-state index in [0.29, 0.717) is 24.2 Å². The average Bonchev–Trinajstić information content (AvgIpc) is 2.96. The van der Waals surface area contributed by atoms with Gasteiger partial charge in [-0.25, -0.2) is 4.39 Å². The summed E-state index contributed by atoms with van der Waals surface area (Å²) in [4.78, 5) is 28.4. The molecule has 0 aromatic heterocycles. The van der Waals surface area contributed by atoms with Gasteiger partial charge >= 0.3 is 0 Å². The zero-order valence-electron chi connectivity index (χ0n) is 14.2. The molecule has 1 fully saturated rings. The largest absolute Gasteiger partial charge is 0.378 e. The maximum Gasteiger partial charge on any atom is 0.251 e. The predicted molar refractivity (Wildman–Crippen MR) is 95.4 cm³/mol. The molecule has 2 amide bonds. The van der Waals surface area contributed by atoms with E-state index in [9.17, 15) is 14.0 Å². The van der Waals surface area contributed by atoms with Crippen LogP contribution >= 0.6 is 0 Å². The minimum atomic E-state index is -0.564. The first-order valence-corrected chi connectivity index (χ1v) is 8.11. The fourth-order valence-corrected chi connectivity index (χ4v) is 2.84. The molecule has 1 unspecified atom stereocenters. The van der Waals surface area contributed by atoms with E-state index in [-0.39, 0.29) is 17.6 Å². The van der Waals surface area contributed by atoms with Crippen LogP contribution in [0.5, 0.6) is 0 Å². The summed E-state index contributed by atoms with van der Waals surface area (Å²) in [7, 11) is 3.85. The van der Waals surface area contributed by atoms with E-state index in [0.717, 1.165) is 5.69 Å². The van der Waals surface area contributed by atoms with Crippen LogP contribution in [-0.4, -0.2) is 38.5 Å². The van der Waals surface area contributed by atoms with Gasteiger partial charge in [-0.05, 0) is 55.0 Å². The van der Waals surface area contributed by atoms with Crippen molar-refractivity contribution in [2.24, 2.45) is 0 Å². The van der Waals surface area contributed by atoms with E-state index >= 15 is 0 Å². The minimum Gasteiger partial charge on any atom is -0.378 e. The van der Waals surface area contributed by atoms with Gasteiger partial charge in [0.1, 0.15) is 11.9 Å². The number of benzene rings is 2. The summed E-state index contributed by atoms with van der Waals surface area (Å²) in [6.07, 6.45) is 0.526.